The molecule has 0 bridgehead atoms. The van der Waals surface area contributed by atoms with Crippen LogP contribution in [0, 0.1) is 12.8 Å². The number of ketones is 1. The summed E-state index contributed by atoms with van der Waals surface area (Å²) in [4.78, 5) is 35.0. The highest BCUT2D eigenvalue weighted by molar-refractivity contribution is 6.09. The topological polar surface area (TPSA) is 90.4 Å². The number of aryl methyl sites for hydroxylation is 1. The van der Waals surface area contributed by atoms with Crippen LogP contribution in [-0.4, -0.2) is 41.5 Å². The first-order valence-corrected chi connectivity index (χ1v) is 10.4. The third-order valence-corrected chi connectivity index (χ3v) is 6.03. The van der Waals surface area contributed by atoms with Crippen LogP contribution in [0.25, 0.3) is 5.76 Å². The number of amides is 1. The van der Waals surface area contributed by atoms with Crippen molar-refractivity contribution in [2.45, 2.75) is 33.1 Å². The van der Waals surface area contributed by atoms with Crippen LogP contribution in [0.5, 0.6) is 0 Å². The SMILES string of the molecule is CCOC1=C2COCCC2C(=O)c2c1nc(NC(=O)c1ccc(C)nc1)c1c2CC1. The van der Waals surface area contributed by atoms with Crippen molar-refractivity contribution < 1.29 is 19.1 Å². The highest BCUT2D eigenvalue weighted by Crippen LogP contribution is 2.44. The third-order valence-electron chi connectivity index (χ3n) is 6.03. The van der Waals surface area contributed by atoms with Gasteiger partial charge in [0.1, 0.15) is 17.3 Å². The lowest BCUT2D eigenvalue weighted by atomic mass is 9.74. The number of hydrogen-bond donors (Lipinski definition) is 1. The average Bonchev–Trinajstić information content (AvgIpc) is 2.72. The van der Waals surface area contributed by atoms with E-state index < -0.39 is 0 Å². The van der Waals surface area contributed by atoms with Crippen LogP contribution in [0.3, 0.4) is 0 Å². The first-order chi connectivity index (χ1) is 14.6. The first-order valence-electron chi connectivity index (χ1n) is 10.4. The van der Waals surface area contributed by atoms with Gasteiger partial charge in [0.2, 0.25) is 0 Å². The number of pyridine rings is 2. The normalized spacial score (nSPS) is 19.4. The second-order valence-electron chi connectivity index (χ2n) is 7.83. The molecule has 1 aliphatic heterocycles. The minimum atomic E-state index is -0.268. The standard InChI is InChI=1S/C23H23N3O4/c1-3-30-21-17-11-29-9-8-15(17)20(27)18-14-6-7-16(14)22(25-19(18)21)26-23(28)13-5-4-12(2)24-10-13/h4-5,10,15H,3,6-9,11H2,1-2H3,(H,25,26,28). The smallest absolute Gasteiger partial charge is 0.258 e. The van der Waals surface area contributed by atoms with Crippen LogP contribution in [0.15, 0.2) is 23.9 Å². The van der Waals surface area contributed by atoms with E-state index in [9.17, 15) is 9.59 Å². The molecule has 1 amide bonds. The number of aromatic nitrogens is 2. The highest BCUT2D eigenvalue weighted by atomic mass is 16.5. The molecule has 1 unspecified atom stereocenters. The Morgan fingerprint density at radius 1 is 1.30 bits per heavy atom. The maximum atomic E-state index is 13.3. The van der Waals surface area contributed by atoms with Crippen LogP contribution >= 0.6 is 0 Å². The van der Waals surface area contributed by atoms with Crippen LogP contribution in [0.2, 0.25) is 0 Å². The van der Waals surface area contributed by atoms with Crippen molar-refractivity contribution in [2.24, 2.45) is 5.92 Å². The molecular weight excluding hydrogens is 382 g/mol. The summed E-state index contributed by atoms with van der Waals surface area (Å²) in [5.41, 5.74) is 5.32. The Morgan fingerprint density at radius 2 is 2.13 bits per heavy atom. The lowest BCUT2D eigenvalue weighted by Gasteiger charge is -2.35. The van der Waals surface area contributed by atoms with E-state index >= 15 is 0 Å². The van der Waals surface area contributed by atoms with Crippen molar-refractivity contribution in [1.29, 1.82) is 0 Å². The molecule has 5 rings (SSSR count). The molecule has 2 aliphatic carbocycles. The molecule has 0 saturated carbocycles. The Hall–Kier alpha value is -3.06. The Bertz CT molecular complexity index is 1090. The number of carbonyl (C=O) groups excluding carboxylic acids is 2. The van der Waals surface area contributed by atoms with Gasteiger partial charge in [-0.25, -0.2) is 4.98 Å². The number of rotatable bonds is 4. The molecule has 2 aromatic rings. The number of hydrogen-bond acceptors (Lipinski definition) is 6. The summed E-state index contributed by atoms with van der Waals surface area (Å²) in [5.74, 6) is 0.783. The van der Waals surface area contributed by atoms with Gasteiger partial charge in [-0.1, -0.05) is 0 Å². The summed E-state index contributed by atoms with van der Waals surface area (Å²) in [6.45, 7) is 5.20. The van der Waals surface area contributed by atoms with Crippen molar-refractivity contribution >= 4 is 23.3 Å². The van der Waals surface area contributed by atoms with Gasteiger partial charge in [0.15, 0.2) is 5.78 Å². The predicted molar refractivity (Wildman–Crippen MR) is 110 cm³/mol. The van der Waals surface area contributed by atoms with Crippen molar-refractivity contribution in [3.05, 3.63) is 57.5 Å². The highest BCUT2D eigenvalue weighted by Gasteiger charge is 2.42. The van der Waals surface area contributed by atoms with Gasteiger partial charge in [-0.2, -0.15) is 0 Å². The van der Waals surface area contributed by atoms with E-state index in [0.29, 0.717) is 54.6 Å². The van der Waals surface area contributed by atoms with E-state index in [0.717, 1.165) is 35.2 Å². The summed E-state index contributed by atoms with van der Waals surface area (Å²) in [7, 11) is 0. The van der Waals surface area contributed by atoms with Crippen molar-refractivity contribution in [1.82, 2.24) is 9.97 Å². The monoisotopic (exact) mass is 405 g/mol. The summed E-state index contributed by atoms with van der Waals surface area (Å²) >= 11 is 0. The number of carbonyl (C=O) groups is 2. The molecule has 2 aromatic heterocycles. The molecule has 0 spiro atoms. The molecule has 7 heteroatoms. The zero-order valence-corrected chi connectivity index (χ0v) is 17.1. The predicted octanol–water partition coefficient (Wildman–Crippen LogP) is 3.12. The molecule has 1 N–H and O–H groups in total. The Balaban J connectivity index is 1.59. The molecule has 1 saturated heterocycles. The van der Waals surface area contributed by atoms with Gasteiger partial charge >= 0.3 is 0 Å². The molecule has 3 heterocycles. The maximum absolute atomic E-state index is 13.3. The molecule has 3 aliphatic rings. The zero-order chi connectivity index (χ0) is 20.8. The van der Waals surface area contributed by atoms with Gasteiger partial charge in [0.25, 0.3) is 5.91 Å². The third kappa shape index (κ3) is 2.92. The van der Waals surface area contributed by atoms with Crippen molar-refractivity contribution in [3.63, 3.8) is 0 Å². The van der Waals surface area contributed by atoms with Crippen LogP contribution in [0.1, 0.15) is 56.6 Å². The fourth-order valence-corrected chi connectivity index (χ4v) is 4.41. The Labute approximate surface area is 174 Å². The molecule has 7 nitrogen and oxygen atoms in total. The molecule has 1 atom stereocenters. The lowest BCUT2D eigenvalue weighted by molar-refractivity contribution is 0.0738. The molecule has 30 heavy (non-hydrogen) atoms. The minimum Gasteiger partial charge on any atom is -0.492 e. The van der Waals surface area contributed by atoms with Crippen LogP contribution in [0.4, 0.5) is 5.82 Å². The fraction of sp³-hybridized carbons (Fsp3) is 0.391. The van der Waals surface area contributed by atoms with Gasteiger partial charge in [-0.3, -0.25) is 14.6 Å². The zero-order valence-electron chi connectivity index (χ0n) is 17.1. The summed E-state index contributed by atoms with van der Waals surface area (Å²) in [6, 6.07) is 3.54. The van der Waals surface area contributed by atoms with Crippen molar-refractivity contribution in [2.75, 3.05) is 25.1 Å². The van der Waals surface area contributed by atoms with E-state index in [2.05, 4.69) is 10.3 Å². The number of fused-ring (bicyclic) bond motifs is 4. The molecule has 1 fully saturated rings. The number of Topliss-reactive ketones (excluding diaryl/α,β-unsaturated/α-hetero) is 1. The van der Waals surface area contributed by atoms with Gasteiger partial charge in [0, 0.05) is 24.1 Å². The fourth-order valence-electron chi connectivity index (χ4n) is 4.41. The van der Waals surface area contributed by atoms with E-state index in [1.54, 1.807) is 18.3 Å². The van der Waals surface area contributed by atoms with E-state index in [1.807, 2.05) is 13.8 Å². The second kappa shape index (κ2) is 7.32. The van der Waals surface area contributed by atoms with Crippen LogP contribution in [-0.2, 0) is 22.3 Å². The van der Waals surface area contributed by atoms with E-state index in [-0.39, 0.29) is 17.6 Å². The van der Waals surface area contributed by atoms with E-state index in [4.69, 9.17) is 14.5 Å². The van der Waals surface area contributed by atoms with Crippen LogP contribution < -0.4 is 5.32 Å². The Kier molecular flexibility index (Phi) is 4.62. The van der Waals surface area contributed by atoms with Crippen molar-refractivity contribution in [3.8, 4) is 0 Å². The van der Waals surface area contributed by atoms with E-state index in [1.165, 1.54) is 0 Å². The number of anilines is 1. The van der Waals surface area contributed by atoms with Gasteiger partial charge in [-0.05, 0) is 56.4 Å². The molecule has 154 valence electrons. The number of nitrogens with zero attached hydrogens (tertiary/aromatic N) is 2. The second-order valence-corrected chi connectivity index (χ2v) is 7.83. The van der Waals surface area contributed by atoms with Gasteiger partial charge < -0.3 is 14.8 Å². The summed E-state index contributed by atoms with van der Waals surface area (Å²) in [5, 5.41) is 2.93. The largest absolute Gasteiger partial charge is 0.492 e. The minimum absolute atomic E-state index is 0.107. The molecule has 0 aromatic carbocycles. The number of nitrogens with one attached hydrogen (secondary N) is 1. The first kappa shape index (κ1) is 18.9. The summed E-state index contributed by atoms with van der Waals surface area (Å²) < 4.78 is 11.6. The average molecular weight is 405 g/mol. The molecular formula is C23H23N3O4. The molecule has 0 radical (unpaired) electrons. The number of ether oxygens (including phenoxy) is 2. The summed E-state index contributed by atoms with van der Waals surface area (Å²) in [6.07, 6.45) is 3.81. The van der Waals surface area contributed by atoms with Gasteiger partial charge in [-0.15, -0.1) is 0 Å². The Morgan fingerprint density at radius 3 is 2.83 bits per heavy atom. The quantitative estimate of drug-likeness (QED) is 0.841. The maximum Gasteiger partial charge on any atom is 0.258 e. The van der Waals surface area contributed by atoms with Gasteiger partial charge in [0.05, 0.1) is 30.3 Å². The lowest BCUT2D eigenvalue weighted by Crippen LogP contribution is -2.35.